The molecule has 0 aromatic heterocycles. The molecule has 2 amide bonds. The van der Waals surface area contributed by atoms with Crippen molar-refractivity contribution < 1.29 is 22.7 Å². The van der Waals surface area contributed by atoms with Crippen LogP contribution in [0.25, 0.3) is 0 Å². The van der Waals surface area contributed by atoms with Gasteiger partial charge >= 0.3 is 0 Å². The van der Waals surface area contributed by atoms with E-state index in [0.717, 1.165) is 0 Å². The van der Waals surface area contributed by atoms with Gasteiger partial charge in [0.15, 0.2) is 0 Å². The van der Waals surface area contributed by atoms with E-state index >= 15 is 0 Å². The van der Waals surface area contributed by atoms with Gasteiger partial charge in [0, 0.05) is 23.7 Å². The zero-order chi connectivity index (χ0) is 20.1. The van der Waals surface area contributed by atoms with Crippen LogP contribution in [0.5, 0.6) is 0 Å². The lowest BCUT2D eigenvalue weighted by atomic mass is 10.2. The number of morpholine rings is 1. The van der Waals surface area contributed by atoms with Crippen LogP contribution in [0.2, 0.25) is 5.02 Å². The summed E-state index contributed by atoms with van der Waals surface area (Å²) < 4.78 is 32.2. The third-order valence-electron chi connectivity index (χ3n) is 4.12. The molecule has 0 atom stereocenters. The Balaban J connectivity index is 1.75. The number of hydrogen-bond donors (Lipinski definition) is 2. The summed E-state index contributed by atoms with van der Waals surface area (Å²) in [6, 6.07) is 11.9. The number of rotatable bonds is 4. The average Bonchev–Trinajstić information content (AvgIpc) is 2.73. The quantitative estimate of drug-likeness (QED) is 0.724. The first kappa shape index (κ1) is 20.3. The number of sulfonamides is 1. The molecule has 2 aromatic rings. The summed E-state index contributed by atoms with van der Waals surface area (Å²) in [5.74, 6) is -1.30. The lowest BCUT2D eigenvalue weighted by Gasteiger charge is -2.26. The van der Waals surface area contributed by atoms with Crippen LogP contribution in [0.4, 0.5) is 0 Å². The van der Waals surface area contributed by atoms with Crippen LogP contribution < -0.4 is 10.9 Å². The largest absolute Gasteiger partial charge is 0.379 e. The van der Waals surface area contributed by atoms with Gasteiger partial charge in [0.05, 0.1) is 23.7 Å². The summed E-state index contributed by atoms with van der Waals surface area (Å²) in [4.78, 5) is 24.5. The van der Waals surface area contributed by atoms with Gasteiger partial charge in [-0.15, -0.1) is 0 Å². The zero-order valence-electron chi connectivity index (χ0n) is 14.7. The van der Waals surface area contributed by atoms with Gasteiger partial charge < -0.3 is 4.74 Å². The van der Waals surface area contributed by atoms with Gasteiger partial charge in [-0.25, -0.2) is 8.42 Å². The monoisotopic (exact) mass is 423 g/mol. The third kappa shape index (κ3) is 4.50. The molecule has 1 aliphatic heterocycles. The molecular formula is C18H18ClN3O5S. The maximum atomic E-state index is 12.9. The Bertz CT molecular complexity index is 973. The first-order chi connectivity index (χ1) is 13.4. The minimum Gasteiger partial charge on any atom is -0.379 e. The second kappa shape index (κ2) is 8.70. The maximum absolute atomic E-state index is 12.9. The summed E-state index contributed by atoms with van der Waals surface area (Å²) in [7, 11) is -3.87. The molecule has 0 saturated carbocycles. The lowest BCUT2D eigenvalue weighted by molar-refractivity contribution is 0.0729. The Morgan fingerprint density at radius 2 is 1.54 bits per heavy atom. The summed E-state index contributed by atoms with van der Waals surface area (Å²) in [6.45, 7) is 1.02. The maximum Gasteiger partial charge on any atom is 0.271 e. The normalized spacial score (nSPS) is 15.0. The average molecular weight is 424 g/mol. The molecule has 10 heteroatoms. The van der Waals surface area contributed by atoms with E-state index in [1.807, 2.05) is 0 Å². The number of benzene rings is 2. The van der Waals surface area contributed by atoms with Crippen LogP contribution in [0, 0.1) is 0 Å². The number of hydrazine groups is 1. The van der Waals surface area contributed by atoms with Crippen molar-refractivity contribution in [2.24, 2.45) is 0 Å². The molecule has 1 saturated heterocycles. The summed E-state index contributed by atoms with van der Waals surface area (Å²) in [5, 5.41) is 0.475. The highest BCUT2D eigenvalue weighted by molar-refractivity contribution is 7.89. The van der Waals surface area contributed by atoms with E-state index < -0.39 is 21.8 Å². The fourth-order valence-corrected chi connectivity index (χ4v) is 4.38. The molecule has 8 nitrogen and oxygen atoms in total. The molecule has 148 valence electrons. The predicted molar refractivity (Wildman–Crippen MR) is 102 cm³/mol. The van der Waals surface area contributed by atoms with Crippen molar-refractivity contribution in [2.75, 3.05) is 26.3 Å². The first-order valence-electron chi connectivity index (χ1n) is 8.43. The molecule has 0 radical (unpaired) electrons. The number of carbonyl (C=O) groups is 2. The summed E-state index contributed by atoms with van der Waals surface area (Å²) >= 11 is 5.78. The van der Waals surface area contributed by atoms with Gasteiger partial charge in [-0.1, -0.05) is 23.7 Å². The van der Waals surface area contributed by atoms with E-state index in [2.05, 4.69) is 10.9 Å². The van der Waals surface area contributed by atoms with Gasteiger partial charge in [-0.3, -0.25) is 20.4 Å². The smallest absolute Gasteiger partial charge is 0.271 e. The number of halogens is 1. The number of carbonyl (C=O) groups excluding carboxylic acids is 2. The Morgan fingerprint density at radius 3 is 2.21 bits per heavy atom. The standard InChI is InChI=1S/C18H18ClN3O5S/c19-14-7-5-13(6-8-14)17(23)20-21-18(24)15-3-1-2-4-16(15)28(25,26)22-9-11-27-12-10-22/h1-8H,9-12H2,(H,20,23)(H,21,24). The molecule has 0 spiro atoms. The molecule has 0 bridgehead atoms. The molecule has 1 aliphatic rings. The number of nitrogens with zero attached hydrogens (tertiary/aromatic N) is 1. The van der Waals surface area contributed by atoms with E-state index in [1.165, 1.54) is 34.6 Å². The van der Waals surface area contributed by atoms with Crippen molar-refractivity contribution in [3.63, 3.8) is 0 Å². The van der Waals surface area contributed by atoms with Gasteiger partial charge in [0.25, 0.3) is 11.8 Å². The SMILES string of the molecule is O=C(NNC(=O)c1ccccc1S(=O)(=O)N1CCOCC1)c1ccc(Cl)cc1. The highest BCUT2D eigenvalue weighted by Gasteiger charge is 2.30. The Morgan fingerprint density at radius 1 is 0.929 bits per heavy atom. The third-order valence-corrected chi connectivity index (χ3v) is 6.32. The van der Waals surface area contributed by atoms with Crippen LogP contribution in [0.15, 0.2) is 53.4 Å². The molecule has 1 fully saturated rings. The van der Waals surface area contributed by atoms with Crippen molar-refractivity contribution in [1.29, 1.82) is 0 Å². The highest BCUT2D eigenvalue weighted by atomic mass is 35.5. The lowest BCUT2D eigenvalue weighted by Crippen LogP contribution is -2.43. The minimum absolute atomic E-state index is 0.0644. The number of amides is 2. The number of ether oxygens (including phenoxy) is 1. The molecule has 2 aromatic carbocycles. The van der Waals surface area contributed by atoms with Gasteiger partial charge in [-0.2, -0.15) is 4.31 Å². The second-order valence-electron chi connectivity index (χ2n) is 5.93. The fourth-order valence-electron chi connectivity index (χ4n) is 2.66. The molecular weight excluding hydrogens is 406 g/mol. The fraction of sp³-hybridized carbons (Fsp3) is 0.222. The van der Waals surface area contributed by atoms with Crippen LogP contribution in [0.1, 0.15) is 20.7 Å². The van der Waals surface area contributed by atoms with E-state index in [1.54, 1.807) is 18.2 Å². The van der Waals surface area contributed by atoms with Crippen molar-refractivity contribution in [2.45, 2.75) is 4.90 Å². The first-order valence-corrected chi connectivity index (χ1v) is 10.2. The van der Waals surface area contributed by atoms with Gasteiger partial charge in [-0.05, 0) is 36.4 Å². The zero-order valence-corrected chi connectivity index (χ0v) is 16.3. The van der Waals surface area contributed by atoms with Crippen LogP contribution in [-0.2, 0) is 14.8 Å². The van der Waals surface area contributed by atoms with E-state index in [-0.39, 0.29) is 23.5 Å². The van der Waals surface area contributed by atoms with Crippen molar-refractivity contribution in [1.82, 2.24) is 15.2 Å². The predicted octanol–water partition coefficient (Wildman–Crippen LogP) is 1.44. The minimum atomic E-state index is -3.87. The molecule has 0 unspecified atom stereocenters. The van der Waals surface area contributed by atoms with Gasteiger partial charge in [0.1, 0.15) is 0 Å². The van der Waals surface area contributed by atoms with E-state index in [4.69, 9.17) is 16.3 Å². The Hall–Kier alpha value is -2.46. The number of hydrogen-bond acceptors (Lipinski definition) is 5. The molecule has 28 heavy (non-hydrogen) atoms. The van der Waals surface area contributed by atoms with E-state index in [9.17, 15) is 18.0 Å². The summed E-state index contributed by atoms with van der Waals surface area (Å²) in [5.41, 5.74) is 4.74. The molecule has 1 heterocycles. The molecule has 0 aliphatic carbocycles. The molecule has 2 N–H and O–H groups in total. The topological polar surface area (TPSA) is 105 Å². The van der Waals surface area contributed by atoms with Crippen molar-refractivity contribution in [3.8, 4) is 0 Å². The molecule has 3 rings (SSSR count). The Kier molecular flexibility index (Phi) is 6.30. The second-order valence-corrected chi connectivity index (χ2v) is 8.27. The Labute approximate surface area is 167 Å². The van der Waals surface area contributed by atoms with Gasteiger partial charge in [0.2, 0.25) is 10.0 Å². The van der Waals surface area contributed by atoms with Crippen LogP contribution in [-0.4, -0.2) is 50.8 Å². The number of nitrogens with one attached hydrogen (secondary N) is 2. The van der Waals surface area contributed by atoms with Crippen molar-refractivity contribution >= 4 is 33.4 Å². The van der Waals surface area contributed by atoms with E-state index in [0.29, 0.717) is 23.8 Å². The van der Waals surface area contributed by atoms with Crippen molar-refractivity contribution in [3.05, 3.63) is 64.7 Å². The highest BCUT2D eigenvalue weighted by Crippen LogP contribution is 2.21. The van der Waals surface area contributed by atoms with Crippen LogP contribution >= 0.6 is 11.6 Å². The summed E-state index contributed by atoms with van der Waals surface area (Å²) in [6.07, 6.45) is 0. The van der Waals surface area contributed by atoms with Crippen LogP contribution in [0.3, 0.4) is 0 Å².